The number of rotatable bonds is 10. The Morgan fingerprint density at radius 2 is 2.10 bits per heavy atom. The maximum absolute atomic E-state index is 12.9. The normalized spacial score (nSPS) is 19.7. The Kier molecular flexibility index (Phi) is 8.14. The molecular formula is C20H30N6O3. The van der Waals surface area contributed by atoms with E-state index in [0.29, 0.717) is 45.1 Å². The molecule has 1 fully saturated rings. The number of aliphatic imine (C=N–C) groups is 1. The molecule has 1 aliphatic heterocycles. The number of hydrogen-bond donors (Lipinski definition) is 4. The van der Waals surface area contributed by atoms with Crippen LogP contribution in [0, 0.1) is 0 Å². The van der Waals surface area contributed by atoms with Gasteiger partial charge in [0.05, 0.1) is 0 Å². The molecule has 9 heteroatoms. The number of piperidine rings is 1. The molecule has 29 heavy (non-hydrogen) atoms. The van der Waals surface area contributed by atoms with Gasteiger partial charge in [0.25, 0.3) is 0 Å². The van der Waals surface area contributed by atoms with E-state index in [0.717, 1.165) is 12.0 Å². The van der Waals surface area contributed by atoms with Crippen LogP contribution >= 0.6 is 0 Å². The predicted molar refractivity (Wildman–Crippen MR) is 111 cm³/mol. The Hall–Kier alpha value is -2.94. The third kappa shape index (κ3) is 6.28. The standard InChI is InChI=1S/C20H30N6O3/c1-15(28)26(17(14-27)9-5-11-24-19(21)22)25-20(10-6-12-23-18(20)29)13-16-7-3-2-4-8-16/h2-4,7-8,14,17,25H,5-6,9-13H2,1H3,(H,23,29)(H4,21,22,24)/t17-,20?/m0/s1. The molecule has 0 bridgehead atoms. The molecule has 9 nitrogen and oxygen atoms in total. The molecule has 0 radical (unpaired) electrons. The molecule has 2 rings (SSSR count). The molecule has 2 amide bonds. The van der Waals surface area contributed by atoms with Gasteiger partial charge in [0.2, 0.25) is 11.8 Å². The molecule has 1 heterocycles. The number of nitrogens with two attached hydrogens (primary N) is 2. The molecule has 1 unspecified atom stereocenters. The van der Waals surface area contributed by atoms with Gasteiger partial charge < -0.3 is 21.6 Å². The summed E-state index contributed by atoms with van der Waals surface area (Å²) in [7, 11) is 0. The third-order valence-corrected chi connectivity index (χ3v) is 4.96. The highest BCUT2D eigenvalue weighted by molar-refractivity contribution is 5.88. The molecule has 6 N–H and O–H groups in total. The van der Waals surface area contributed by atoms with Crippen LogP contribution in [0.2, 0.25) is 0 Å². The van der Waals surface area contributed by atoms with Crippen LogP contribution in [0.1, 0.15) is 38.2 Å². The summed E-state index contributed by atoms with van der Waals surface area (Å²) in [5.74, 6) is -0.534. The molecule has 0 aliphatic carbocycles. The van der Waals surface area contributed by atoms with Crippen LogP contribution in [0.5, 0.6) is 0 Å². The summed E-state index contributed by atoms with van der Waals surface area (Å²) >= 11 is 0. The number of aldehydes is 1. The highest BCUT2D eigenvalue weighted by Crippen LogP contribution is 2.24. The second kappa shape index (κ2) is 10.6. The number of hydrazine groups is 1. The summed E-state index contributed by atoms with van der Waals surface area (Å²) in [6, 6.07) is 8.87. The van der Waals surface area contributed by atoms with Gasteiger partial charge in [-0.2, -0.15) is 0 Å². The highest BCUT2D eigenvalue weighted by atomic mass is 16.2. The van der Waals surface area contributed by atoms with Gasteiger partial charge in [-0.25, -0.2) is 5.43 Å². The van der Waals surface area contributed by atoms with Crippen LogP contribution < -0.4 is 22.2 Å². The molecular weight excluding hydrogens is 372 g/mol. The van der Waals surface area contributed by atoms with Gasteiger partial charge in [-0.1, -0.05) is 30.3 Å². The Balaban J connectivity index is 2.22. The maximum Gasteiger partial charge on any atom is 0.242 e. The quantitative estimate of drug-likeness (QED) is 0.141. The van der Waals surface area contributed by atoms with Crippen LogP contribution in [0.4, 0.5) is 0 Å². The van der Waals surface area contributed by atoms with Crippen molar-refractivity contribution in [1.29, 1.82) is 0 Å². The lowest BCUT2D eigenvalue weighted by Gasteiger charge is -2.42. The zero-order chi connectivity index (χ0) is 21.3. The SMILES string of the molecule is CC(=O)N(NC1(Cc2ccccc2)CCCNC1=O)[C@H](C=O)CCCN=C(N)N. The van der Waals surface area contributed by atoms with Crippen molar-refractivity contribution in [1.82, 2.24) is 15.8 Å². The first-order valence-electron chi connectivity index (χ1n) is 9.78. The average Bonchev–Trinajstić information content (AvgIpc) is 2.69. The third-order valence-electron chi connectivity index (χ3n) is 4.96. The molecule has 1 aromatic rings. The van der Waals surface area contributed by atoms with E-state index in [4.69, 9.17) is 11.5 Å². The Labute approximate surface area is 170 Å². The number of guanidine groups is 1. The molecule has 1 aromatic carbocycles. The largest absolute Gasteiger partial charge is 0.370 e. The number of amides is 2. The van der Waals surface area contributed by atoms with Crippen LogP contribution in [0.15, 0.2) is 35.3 Å². The van der Waals surface area contributed by atoms with Gasteiger partial charge in [0, 0.05) is 26.4 Å². The topological polar surface area (TPSA) is 143 Å². The molecule has 2 atom stereocenters. The van der Waals surface area contributed by atoms with Gasteiger partial charge >= 0.3 is 0 Å². The monoisotopic (exact) mass is 402 g/mol. The van der Waals surface area contributed by atoms with E-state index in [1.165, 1.54) is 11.9 Å². The lowest BCUT2D eigenvalue weighted by atomic mass is 9.83. The van der Waals surface area contributed by atoms with Gasteiger partial charge in [-0.3, -0.25) is 19.6 Å². The summed E-state index contributed by atoms with van der Waals surface area (Å²) in [6.45, 7) is 2.32. The van der Waals surface area contributed by atoms with E-state index in [9.17, 15) is 14.4 Å². The van der Waals surface area contributed by atoms with Gasteiger partial charge in [0.1, 0.15) is 17.9 Å². The molecule has 1 aliphatic rings. The Bertz CT molecular complexity index is 735. The van der Waals surface area contributed by atoms with Crippen molar-refractivity contribution in [3.63, 3.8) is 0 Å². The molecule has 158 valence electrons. The number of carbonyl (C=O) groups excluding carboxylic acids is 3. The van der Waals surface area contributed by atoms with Crippen LogP contribution in [0.25, 0.3) is 0 Å². The van der Waals surface area contributed by atoms with E-state index >= 15 is 0 Å². The van der Waals surface area contributed by atoms with E-state index in [1.807, 2.05) is 30.3 Å². The number of nitrogens with zero attached hydrogens (tertiary/aromatic N) is 2. The first-order chi connectivity index (χ1) is 13.9. The number of benzene rings is 1. The second-order valence-electron chi connectivity index (χ2n) is 7.26. The van der Waals surface area contributed by atoms with Gasteiger partial charge in [-0.15, -0.1) is 0 Å². The fraction of sp³-hybridized carbons (Fsp3) is 0.500. The van der Waals surface area contributed by atoms with Crippen LogP contribution in [-0.4, -0.2) is 53.7 Å². The summed E-state index contributed by atoms with van der Waals surface area (Å²) in [5, 5.41) is 4.16. The summed E-state index contributed by atoms with van der Waals surface area (Å²) in [6.07, 6.45) is 3.33. The van der Waals surface area contributed by atoms with Gasteiger partial charge in [-0.05, 0) is 31.2 Å². The zero-order valence-corrected chi connectivity index (χ0v) is 16.8. The molecule has 1 saturated heterocycles. The lowest BCUT2D eigenvalue weighted by molar-refractivity contribution is -0.146. The molecule has 0 spiro atoms. The molecule has 0 aromatic heterocycles. The van der Waals surface area contributed by atoms with E-state index in [-0.39, 0.29) is 17.8 Å². The number of carbonyl (C=O) groups is 3. The minimum absolute atomic E-state index is 0.0186. The lowest BCUT2D eigenvalue weighted by Crippen LogP contribution is -2.68. The summed E-state index contributed by atoms with van der Waals surface area (Å²) in [5.41, 5.74) is 13.7. The average molecular weight is 402 g/mol. The van der Waals surface area contributed by atoms with E-state index in [1.54, 1.807) is 0 Å². The smallest absolute Gasteiger partial charge is 0.242 e. The maximum atomic E-state index is 12.9. The van der Waals surface area contributed by atoms with Crippen molar-refractivity contribution in [2.24, 2.45) is 16.5 Å². The van der Waals surface area contributed by atoms with Crippen molar-refractivity contribution in [2.45, 2.75) is 50.6 Å². The second-order valence-corrected chi connectivity index (χ2v) is 7.26. The van der Waals surface area contributed by atoms with E-state index < -0.39 is 11.6 Å². The van der Waals surface area contributed by atoms with Crippen molar-refractivity contribution in [2.75, 3.05) is 13.1 Å². The van der Waals surface area contributed by atoms with E-state index in [2.05, 4.69) is 15.7 Å². The molecule has 0 saturated carbocycles. The number of hydrogen-bond acceptors (Lipinski definition) is 5. The Morgan fingerprint density at radius 1 is 1.38 bits per heavy atom. The van der Waals surface area contributed by atoms with Crippen molar-refractivity contribution < 1.29 is 14.4 Å². The van der Waals surface area contributed by atoms with Crippen molar-refractivity contribution >= 4 is 24.1 Å². The summed E-state index contributed by atoms with van der Waals surface area (Å²) in [4.78, 5) is 40.9. The Morgan fingerprint density at radius 3 is 2.69 bits per heavy atom. The fourth-order valence-electron chi connectivity index (χ4n) is 3.53. The van der Waals surface area contributed by atoms with Crippen molar-refractivity contribution in [3.05, 3.63) is 35.9 Å². The number of nitrogens with one attached hydrogen (secondary N) is 2. The predicted octanol–water partition coefficient (Wildman–Crippen LogP) is -0.148. The van der Waals surface area contributed by atoms with Gasteiger partial charge in [0.15, 0.2) is 5.96 Å². The first kappa shape index (κ1) is 22.4. The minimum atomic E-state index is -1.01. The van der Waals surface area contributed by atoms with Crippen LogP contribution in [0.3, 0.4) is 0 Å². The zero-order valence-electron chi connectivity index (χ0n) is 16.8. The minimum Gasteiger partial charge on any atom is -0.370 e. The fourth-order valence-corrected chi connectivity index (χ4v) is 3.53. The van der Waals surface area contributed by atoms with Crippen molar-refractivity contribution in [3.8, 4) is 0 Å². The highest BCUT2D eigenvalue weighted by Gasteiger charge is 2.43. The van der Waals surface area contributed by atoms with Crippen LogP contribution in [-0.2, 0) is 20.8 Å². The first-order valence-corrected chi connectivity index (χ1v) is 9.78. The summed E-state index contributed by atoms with van der Waals surface area (Å²) < 4.78 is 0.